The Kier molecular flexibility index (Phi) is 4.01. The van der Waals surface area contributed by atoms with Crippen molar-refractivity contribution >= 4 is 24.0 Å². The molecule has 0 aromatic heterocycles. The zero-order valence-corrected chi connectivity index (χ0v) is 15.2. The van der Waals surface area contributed by atoms with E-state index in [1.165, 1.54) is 0 Å². The van der Waals surface area contributed by atoms with Crippen LogP contribution in [0.3, 0.4) is 0 Å². The SMILES string of the molecule is CC1(C)OB(c2ccc3c(c2)NNN3[C@H]2COCC[C@@H]2O)OC1(C)C. The molecule has 0 spiro atoms. The number of fused-ring (bicyclic) bond motifs is 1. The maximum absolute atomic E-state index is 10.3. The van der Waals surface area contributed by atoms with Gasteiger partial charge in [-0.1, -0.05) is 6.07 Å². The molecule has 0 amide bonds. The van der Waals surface area contributed by atoms with Gasteiger partial charge < -0.3 is 24.6 Å². The van der Waals surface area contributed by atoms with Crippen molar-refractivity contribution in [1.29, 1.82) is 0 Å². The van der Waals surface area contributed by atoms with Gasteiger partial charge in [0, 0.05) is 6.61 Å². The second-order valence-corrected chi connectivity index (χ2v) is 7.97. The molecule has 4 rings (SSSR count). The Morgan fingerprint density at radius 1 is 1.20 bits per heavy atom. The first-order valence-corrected chi connectivity index (χ1v) is 8.85. The summed E-state index contributed by atoms with van der Waals surface area (Å²) in [5.74, 6) is 0. The fourth-order valence-electron chi connectivity index (χ4n) is 3.39. The largest absolute Gasteiger partial charge is 0.494 e. The molecular formula is C17H26BN3O4. The molecule has 2 atom stereocenters. The fourth-order valence-corrected chi connectivity index (χ4v) is 3.39. The number of aliphatic hydroxyl groups is 1. The second kappa shape index (κ2) is 5.85. The number of hydrazine groups is 2. The van der Waals surface area contributed by atoms with Crippen molar-refractivity contribution in [1.82, 2.24) is 5.53 Å². The predicted octanol–water partition coefficient (Wildman–Crippen LogP) is 0.787. The van der Waals surface area contributed by atoms with E-state index in [1.807, 2.05) is 50.9 Å². The zero-order chi connectivity index (χ0) is 17.8. The number of rotatable bonds is 2. The molecule has 3 N–H and O–H groups in total. The molecular weight excluding hydrogens is 321 g/mol. The molecule has 2 fully saturated rings. The van der Waals surface area contributed by atoms with Gasteiger partial charge >= 0.3 is 7.12 Å². The summed E-state index contributed by atoms with van der Waals surface area (Å²) in [5.41, 5.74) is 8.46. The highest BCUT2D eigenvalue weighted by atomic mass is 16.7. The van der Waals surface area contributed by atoms with Gasteiger partial charge in [-0.2, -0.15) is 0 Å². The van der Waals surface area contributed by atoms with Crippen LogP contribution in [-0.2, 0) is 14.0 Å². The van der Waals surface area contributed by atoms with E-state index < -0.39 is 13.2 Å². The summed E-state index contributed by atoms with van der Waals surface area (Å²) >= 11 is 0. The Morgan fingerprint density at radius 3 is 2.60 bits per heavy atom. The maximum atomic E-state index is 10.3. The number of ether oxygens (including phenoxy) is 1. The number of aliphatic hydroxyl groups excluding tert-OH is 1. The van der Waals surface area contributed by atoms with Crippen LogP contribution in [0.2, 0.25) is 0 Å². The van der Waals surface area contributed by atoms with Gasteiger partial charge in [0.2, 0.25) is 0 Å². The van der Waals surface area contributed by atoms with Gasteiger partial charge in [-0.15, -0.1) is 5.53 Å². The molecule has 1 aromatic carbocycles. The van der Waals surface area contributed by atoms with Gasteiger partial charge in [-0.25, -0.2) is 0 Å². The van der Waals surface area contributed by atoms with Crippen molar-refractivity contribution in [3.8, 4) is 0 Å². The van der Waals surface area contributed by atoms with Crippen LogP contribution in [0.4, 0.5) is 11.4 Å². The van der Waals surface area contributed by atoms with Gasteiger partial charge in [0.05, 0.1) is 41.3 Å². The number of hydrogen-bond donors (Lipinski definition) is 3. The summed E-state index contributed by atoms with van der Waals surface area (Å²) in [6.45, 7) is 9.29. The number of anilines is 2. The van der Waals surface area contributed by atoms with Crippen LogP contribution >= 0.6 is 0 Å². The topological polar surface area (TPSA) is 75.2 Å². The third kappa shape index (κ3) is 2.82. The van der Waals surface area contributed by atoms with Crippen LogP contribution in [0.5, 0.6) is 0 Å². The minimum atomic E-state index is -0.420. The molecule has 2 saturated heterocycles. The van der Waals surface area contributed by atoms with Crippen LogP contribution < -0.4 is 21.4 Å². The quantitative estimate of drug-likeness (QED) is 0.683. The molecule has 25 heavy (non-hydrogen) atoms. The smallest absolute Gasteiger partial charge is 0.399 e. The minimum Gasteiger partial charge on any atom is -0.399 e. The molecule has 8 heteroatoms. The molecule has 3 heterocycles. The van der Waals surface area contributed by atoms with E-state index >= 15 is 0 Å². The van der Waals surface area contributed by atoms with E-state index in [0.29, 0.717) is 19.6 Å². The summed E-state index contributed by atoms with van der Waals surface area (Å²) in [6, 6.07) is 5.94. The lowest BCUT2D eigenvalue weighted by Gasteiger charge is -2.35. The Balaban J connectivity index is 1.56. The summed E-state index contributed by atoms with van der Waals surface area (Å²) in [4.78, 5) is 0. The third-order valence-electron chi connectivity index (χ3n) is 5.74. The molecule has 3 aliphatic heterocycles. The van der Waals surface area contributed by atoms with Crippen LogP contribution in [0.1, 0.15) is 34.1 Å². The van der Waals surface area contributed by atoms with E-state index in [0.717, 1.165) is 16.8 Å². The number of nitrogens with zero attached hydrogens (tertiary/aromatic N) is 1. The van der Waals surface area contributed by atoms with Crippen molar-refractivity contribution in [2.24, 2.45) is 0 Å². The highest BCUT2D eigenvalue weighted by Gasteiger charge is 2.52. The average Bonchev–Trinajstić information content (AvgIpc) is 3.05. The van der Waals surface area contributed by atoms with Crippen molar-refractivity contribution in [2.45, 2.75) is 57.5 Å². The van der Waals surface area contributed by atoms with Crippen molar-refractivity contribution in [2.75, 3.05) is 23.6 Å². The maximum Gasteiger partial charge on any atom is 0.494 e. The molecule has 0 saturated carbocycles. The van der Waals surface area contributed by atoms with E-state index in [2.05, 4.69) is 11.0 Å². The molecule has 0 radical (unpaired) electrons. The van der Waals surface area contributed by atoms with E-state index in [1.54, 1.807) is 0 Å². The minimum absolute atomic E-state index is 0.120. The van der Waals surface area contributed by atoms with Gasteiger partial charge in [0.25, 0.3) is 0 Å². The van der Waals surface area contributed by atoms with Crippen LogP contribution in [0.25, 0.3) is 0 Å². The standard InChI is InChI=1S/C17H26BN3O4/c1-16(2)17(3,4)25-18(24-16)11-5-6-13-12(9-11)19-20-21(13)14-10-23-8-7-15(14)22/h5-6,9,14-15,19-20,22H,7-8,10H2,1-4H3/t14-,15-/m0/s1. The van der Waals surface area contributed by atoms with Crippen LogP contribution in [-0.4, -0.2) is 48.8 Å². The molecule has 0 aliphatic carbocycles. The summed E-state index contributed by atoms with van der Waals surface area (Å²) in [5, 5.41) is 12.2. The number of benzene rings is 1. The van der Waals surface area contributed by atoms with Crippen LogP contribution in [0.15, 0.2) is 18.2 Å². The Morgan fingerprint density at radius 2 is 1.92 bits per heavy atom. The molecule has 3 aliphatic rings. The molecule has 0 bridgehead atoms. The van der Waals surface area contributed by atoms with E-state index in [9.17, 15) is 5.11 Å². The lowest BCUT2D eigenvalue weighted by molar-refractivity contribution is -0.00778. The highest BCUT2D eigenvalue weighted by molar-refractivity contribution is 6.62. The van der Waals surface area contributed by atoms with Gasteiger partial charge in [-0.3, -0.25) is 5.01 Å². The third-order valence-corrected chi connectivity index (χ3v) is 5.74. The first-order chi connectivity index (χ1) is 11.8. The number of hydrogen-bond acceptors (Lipinski definition) is 7. The summed E-state index contributed by atoms with van der Waals surface area (Å²) in [7, 11) is -0.394. The highest BCUT2D eigenvalue weighted by Crippen LogP contribution is 2.37. The van der Waals surface area contributed by atoms with Crippen molar-refractivity contribution < 1.29 is 19.2 Å². The van der Waals surface area contributed by atoms with Gasteiger partial charge in [-0.05, 0) is 51.7 Å². The lowest BCUT2D eigenvalue weighted by atomic mass is 9.79. The Hall–Kier alpha value is -1.32. The first-order valence-electron chi connectivity index (χ1n) is 8.85. The fraction of sp³-hybridized carbons (Fsp3) is 0.647. The first kappa shape index (κ1) is 17.1. The monoisotopic (exact) mass is 347 g/mol. The van der Waals surface area contributed by atoms with E-state index in [-0.39, 0.29) is 17.2 Å². The second-order valence-electron chi connectivity index (χ2n) is 7.97. The van der Waals surface area contributed by atoms with Crippen LogP contribution in [0, 0.1) is 0 Å². The van der Waals surface area contributed by atoms with Crippen molar-refractivity contribution in [3.05, 3.63) is 18.2 Å². The van der Waals surface area contributed by atoms with Crippen molar-refractivity contribution in [3.63, 3.8) is 0 Å². The van der Waals surface area contributed by atoms with E-state index in [4.69, 9.17) is 14.0 Å². The number of nitrogens with one attached hydrogen (secondary N) is 2. The average molecular weight is 347 g/mol. The Bertz CT molecular complexity index is 653. The normalized spacial score (nSPS) is 30.3. The van der Waals surface area contributed by atoms with Gasteiger partial charge in [0.15, 0.2) is 0 Å². The predicted molar refractivity (Wildman–Crippen MR) is 96.6 cm³/mol. The summed E-state index contributed by atoms with van der Waals surface area (Å²) < 4.78 is 17.8. The molecule has 136 valence electrons. The Labute approximate surface area is 148 Å². The zero-order valence-electron chi connectivity index (χ0n) is 15.2. The molecule has 1 aromatic rings. The lowest BCUT2D eigenvalue weighted by Crippen LogP contribution is -2.54. The summed E-state index contributed by atoms with van der Waals surface area (Å²) in [6.07, 6.45) is 0.223. The molecule has 0 unspecified atom stereocenters. The molecule has 7 nitrogen and oxygen atoms in total. The van der Waals surface area contributed by atoms with Gasteiger partial charge in [0.1, 0.15) is 0 Å².